The van der Waals surface area contributed by atoms with Crippen LogP contribution in [0, 0.1) is 0 Å². The zero-order valence-electron chi connectivity index (χ0n) is 11.5. The number of hydrogen-bond donors (Lipinski definition) is 1. The van der Waals surface area contributed by atoms with Gasteiger partial charge in [0.1, 0.15) is 17.1 Å². The van der Waals surface area contributed by atoms with Gasteiger partial charge >= 0.3 is 5.97 Å². The third-order valence-electron chi connectivity index (χ3n) is 3.11. The quantitative estimate of drug-likeness (QED) is 0.839. The molecule has 0 saturated heterocycles. The maximum absolute atomic E-state index is 11.2. The number of ether oxygens (including phenoxy) is 1. The molecule has 0 atom stereocenters. The first-order valence-corrected chi connectivity index (χ1v) is 6.80. The van der Waals surface area contributed by atoms with Crippen LogP contribution < -0.4 is 4.74 Å². The van der Waals surface area contributed by atoms with Crippen LogP contribution in [0.1, 0.15) is 35.7 Å². The van der Waals surface area contributed by atoms with Crippen molar-refractivity contribution < 1.29 is 14.6 Å². The molecule has 2 rings (SSSR count). The maximum atomic E-state index is 11.2. The minimum absolute atomic E-state index is 0.179. The number of carboxylic acid groups (broad SMARTS) is 1. The molecular formula is C17H18O3. The van der Waals surface area contributed by atoms with Crippen LogP contribution in [0.5, 0.6) is 11.5 Å². The van der Waals surface area contributed by atoms with Crippen molar-refractivity contribution in [3.63, 3.8) is 0 Å². The first kappa shape index (κ1) is 14.1. The van der Waals surface area contributed by atoms with Gasteiger partial charge in [0.05, 0.1) is 0 Å². The lowest BCUT2D eigenvalue weighted by Gasteiger charge is -2.12. The van der Waals surface area contributed by atoms with Crippen molar-refractivity contribution in [1.82, 2.24) is 0 Å². The Morgan fingerprint density at radius 2 is 1.70 bits per heavy atom. The second-order valence-electron chi connectivity index (χ2n) is 4.61. The molecule has 0 saturated carbocycles. The number of unbranched alkanes of at least 4 members (excludes halogenated alkanes) is 1. The summed E-state index contributed by atoms with van der Waals surface area (Å²) in [5, 5.41) is 9.17. The average Bonchev–Trinajstić information content (AvgIpc) is 2.47. The van der Waals surface area contributed by atoms with E-state index < -0.39 is 5.97 Å². The molecule has 3 nitrogen and oxygen atoms in total. The number of rotatable bonds is 6. The zero-order valence-corrected chi connectivity index (χ0v) is 11.5. The van der Waals surface area contributed by atoms with E-state index in [0.29, 0.717) is 5.75 Å². The topological polar surface area (TPSA) is 46.5 Å². The summed E-state index contributed by atoms with van der Waals surface area (Å²) in [7, 11) is 0. The molecule has 0 amide bonds. The Kier molecular flexibility index (Phi) is 4.77. The van der Waals surface area contributed by atoms with Gasteiger partial charge in [0.2, 0.25) is 0 Å². The predicted molar refractivity (Wildman–Crippen MR) is 78.5 cm³/mol. The summed E-state index contributed by atoms with van der Waals surface area (Å²) in [5.74, 6) is 0.130. The lowest BCUT2D eigenvalue weighted by atomic mass is 10.1. The minimum atomic E-state index is -0.980. The smallest absolute Gasteiger partial charge is 0.339 e. The zero-order chi connectivity index (χ0) is 14.4. The fourth-order valence-corrected chi connectivity index (χ4v) is 2.03. The van der Waals surface area contributed by atoms with Gasteiger partial charge in [-0.3, -0.25) is 0 Å². The maximum Gasteiger partial charge on any atom is 0.339 e. The van der Waals surface area contributed by atoms with Gasteiger partial charge in [-0.1, -0.05) is 43.7 Å². The van der Waals surface area contributed by atoms with Crippen molar-refractivity contribution in [2.24, 2.45) is 0 Å². The molecule has 0 radical (unpaired) electrons. The molecule has 20 heavy (non-hydrogen) atoms. The highest BCUT2D eigenvalue weighted by molar-refractivity contribution is 5.90. The summed E-state index contributed by atoms with van der Waals surface area (Å²) < 4.78 is 5.82. The second-order valence-corrected chi connectivity index (χ2v) is 4.61. The molecule has 0 heterocycles. The van der Waals surface area contributed by atoms with Crippen LogP contribution in [-0.2, 0) is 6.42 Å². The predicted octanol–water partition coefficient (Wildman–Crippen LogP) is 4.52. The van der Waals surface area contributed by atoms with Crippen LogP contribution in [0.25, 0.3) is 0 Å². The number of carbonyl (C=O) groups is 1. The van der Waals surface area contributed by atoms with E-state index in [0.717, 1.165) is 30.6 Å². The summed E-state index contributed by atoms with van der Waals surface area (Å²) in [4.78, 5) is 11.2. The van der Waals surface area contributed by atoms with Crippen molar-refractivity contribution in [3.8, 4) is 11.5 Å². The Morgan fingerprint density at radius 1 is 1.05 bits per heavy atom. The summed E-state index contributed by atoms with van der Waals surface area (Å²) in [6, 6.07) is 14.5. The van der Waals surface area contributed by atoms with Crippen molar-refractivity contribution >= 4 is 5.97 Å². The van der Waals surface area contributed by atoms with E-state index in [1.54, 1.807) is 24.3 Å². The lowest BCUT2D eigenvalue weighted by Crippen LogP contribution is -2.00. The van der Waals surface area contributed by atoms with Gasteiger partial charge in [-0.25, -0.2) is 4.79 Å². The van der Waals surface area contributed by atoms with Gasteiger partial charge in [-0.15, -0.1) is 0 Å². The van der Waals surface area contributed by atoms with E-state index >= 15 is 0 Å². The third-order valence-corrected chi connectivity index (χ3v) is 3.11. The Labute approximate surface area is 118 Å². The Balaban J connectivity index is 2.28. The van der Waals surface area contributed by atoms with E-state index in [1.807, 2.05) is 24.3 Å². The number of aryl methyl sites for hydroxylation is 1. The van der Waals surface area contributed by atoms with E-state index in [4.69, 9.17) is 4.74 Å². The molecule has 0 unspecified atom stereocenters. The molecule has 0 fully saturated rings. The molecule has 0 bridgehead atoms. The van der Waals surface area contributed by atoms with Gasteiger partial charge in [0, 0.05) is 0 Å². The Morgan fingerprint density at radius 3 is 2.40 bits per heavy atom. The van der Waals surface area contributed by atoms with Crippen molar-refractivity contribution in [3.05, 3.63) is 59.7 Å². The molecule has 2 aromatic carbocycles. The number of aromatic carboxylic acids is 1. The molecule has 0 spiro atoms. The van der Waals surface area contributed by atoms with Crippen molar-refractivity contribution in [2.45, 2.75) is 26.2 Å². The van der Waals surface area contributed by atoms with Gasteiger partial charge in [-0.2, -0.15) is 0 Å². The summed E-state index contributed by atoms with van der Waals surface area (Å²) in [5.41, 5.74) is 1.28. The van der Waals surface area contributed by atoms with Crippen LogP contribution >= 0.6 is 0 Å². The number of carboxylic acids is 1. The number of para-hydroxylation sites is 2. The molecule has 104 valence electrons. The van der Waals surface area contributed by atoms with Crippen LogP contribution in [0.3, 0.4) is 0 Å². The number of benzene rings is 2. The number of hydrogen-bond acceptors (Lipinski definition) is 2. The fourth-order valence-electron chi connectivity index (χ4n) is 2.03. The minimum Gasteiger partial charge on any atom is -0.478 e. The highest BCUT2D eigenvalue weighted by atomic mass is 16.5. The largest absolute Gasteiger partial charge is 0.478 e. The summed E-state index contributed by atoms with van der Waals surface area (Å²) in [6.07, 6.45) is 3.13. The van der Waals surface area contributed by atoms with Crippen LogP contribution in [0.4, 0.5) is 0 Å². The monoisotopic (exact) mass is 270 g/mol. The highest BCUT2D eigenvalue weighted by Crippen LogP contribution is 2.29. The molecule has 0 aliphatic rings. The highest BCUT2D eigenvalue weighted by Gasteiger charge is 2.12. The third kappa shape index (κ3) is 3.38. The molecule has 0 aliphatic heterocycles. The SMILES string of the molecule is CCCCc1ccccc1Oc1ccccc1C(=O)O. The van der Waals surface area contributed by atoms with E-state index in [9.17, 15) is 9.90 Å². The van der Waals surface area contributed by atoms with Crippen LogP contribution in [0.15, 0.2) is 48.5 Å². The normalized spacial score (nSPS) is 10.2. The Bertz CT molecular complexity index is 590. The van der Waals surface area contributed by atoms with Crippen LogP contribution in [-0.4, -0.2) is 11.1 Å². The fraction of sp³-hybridized carbons (Fsp3) is 0.235. The standard InChI is InChI=1S/C17H18O3/c1-2-3-8-13-9-4-6-11-15(13)20-16-12-7-5-10-14(16)17(18)19/h4-7,9-12H,2-3,8H2,1H3,(H,18,19). The van der Waals surface area contributed by atoms with Crippen molar-refractivity contribution in [2.75, 3.05) is 0 Å². The molecule has 2 aromatic rings. The van der Waals surface area contributed by atoms with E-state index in [-0.39, 0.29) is 5.56 Å². The van der Waals surface area contributed by atoms with E-state index in [1.165, 1.54) is 0 Å². The van der Waals surface area contributed by atoms with Gasteiger partial charge in [0.25, 0.3) is 0 Å². The van der Waals surface area contributed by atoms with Gasteiger partial charge in [-0.05, 0) is 36.6 Å². The van der Waals surface area contributed by atoms with E-state index in [2.05, 4.69) is 6.92 Å². The summed E-state index contributed by atoms with van der Waals surface area (Å²) >= 11 is 0. The molecule has 1 N–H and O–H groups in total. The summed E-state index contributed by atoms with van der Waals surface area (Å²) in [6.45, 7) is 2.14. The lowest BCUT2D eigenvalue weighted by molar-refractivity contribution is 0.0694. The Hall–Kier alpha value is -2.29. The molecule has 0 aliphatic carbocycles. The molecule has 0 aromatic heterocycles. The molecule has 3 heteroatoms. The first-order valence-electron chi connectivity index (χ1n) is 6.80. The van der Waals surface area contributed by atoms with Crippen molar-refractivity contribution in [1.29, 1.82) is 0 Å². The molecular weight excluding hydrogens is 252 g/mol. The van der Waals surface area contributed by atoms with Gasteiger partial charge in [0.15, 0.2) is 0 Å². The second kappa shape index (κ2) is 6.75. The average molecular weight is 270 g/mol. The van der Waals surface area contributed by atoms with Gasteiger partial charge < -0.3 is 9.84 Å². The first-order chi connectivity index (χ1) is 9.72. The van der Waals surface area contributed by atoms with Crippen LogP contribution in [0.2, 0.25) is 0 Å².